The van der Waals surface area contributed by atoms with Crippen molar-refractivity contribution in [3.8, 4) is 23.3 Å². The third kappa shape index (κ3) is 5.53. The molecule has 0 radical (unpaired) electrons. The van der Waals surface area contributed by atoms with Crippen LogP contribution in [0.1, 0.15) is 26.3 Å². The molecule has 1 saturated heterocycles. The molecule has 11 nitrogen and oxygen atoms in total. The van der Waals surface area contributed by atoms with Crippen LogP contribution in [0.25, 0.3) is 16.6 Å². The highest BCUT2D eigenvalue weighted by Crippen LogP contribution is 2.33. The van der Waals surface area contributed by atoms with Crippen molar-refractivity contribution >= 4 is 22.9 Å². The predicted octanol–water partition coefficient (Wildman–Crippen LogP) is 4.31. The number of amides is 1. The molecule has 0 unspecified atom stereocenters. The summed E-state index contributed by atoms with van der Waals surface area (Å²) in [6, 6.07) is 5.35. The quantitative estimate of drug-likeness (QED) is 0.348. The molecule has 216 valence electrons. The smallest absolute Gasteiger partial charge is 0.410 e. The Hall–Kier alpha value is -5.19. The predicted molar refractivity (Wildman–Crippen MR) is 144 cm³/mol. The third-order valence-corrected chi connectivity index (χ3v) is 6.33. The van der Waals surface area contributed by atoms with E-state index < -0.39 is 57.2 Å². The number of hydrogen-bond acceptors (Lipinski definition) is 9. The molecule has 0 bridgehead atoms. The van der Waals surface area contributed by atoms with Crippen LogP contribution in [-0.4, -0.2) is 62.3 Å². The zero-order chi connectivity index (χ0) is 30.2. The fraction of sp³-hybridized carbons (Fsp3) is 0.286. The summed E-state index contributed by atoms with van der Waals surface area (Å²) in [5, 5.41) is 8.71. The van der Waals surface area contributed by atoms with E-state index in [1.54, 1.807) is 25.7 Å². The largest absolute Gasteiger partial charge is 0.450 e. The van der Waals surface area contributed by atoms with Crippen molar-refractivity contribution in [1.82, 2.24) is 24.4 Å². The van der Waals surface area contributed by atoms with E-state index in [2.05, 4.69) is 15.0 Å². The summed E-state index contributed by atoms with van der Waals surface area (Å²) < 4.78 is 55.5. The lowest BCUT2D eigenvalue weighted by Gasteiger charge is -2.35. The van der Waals surface area contributed by atoms with E-state index in [9.17, 15) is 23.6 Å². The van der Waals surface area contributed by atoms with Crippen molar-refractivity contribution < 1.29 is 27.4 Å². The van der Waals surface area contributed by atoms with Crippen LogP contribution in [0.4, 0.5) is 23.9 Å². The lowest BCUT2D eigenvalue weighted by Crippen LogP contribution is -2.50. The molecular formula is C28H24F3N7O4. The number of carbonyl (C=O) groups is 1. The van der Waals surface area contributed by atoms with Crippen LogP contribution in [0.15, 0.2) is 47.8 Å². The molecule has 0 aliphatic carbocycles. The third-order valence-electron chi connectivity index (χ3n) is 6.33. The fourth-order valence-electron chi connectivity index (χ4n) is 4.28. The van der Waals surface area contributed by atoms with Crippen LogP contribution in [-0.2, 0) is 4.74 Å². The molecule has 5 rings (SSSR count). The van der Waals surface area contributed by atoms with Crippen LogP contribution in [0.5, 0.6) is 11.5 Å². The Bertz CT molecular complexity index is 1770. The molecule has 2 aromatic carbocycles. The number of fused-ring (bicyclic) bond motifs is 1. The standard InChI is InChI=1S/C28H24F3N7O4/c1-28(2,3)42-27(40)37-10-8-36(9-11-37)26-33-13-16(14-34-26)38-15-35-20-6-7-21(23(31)22(20)25(38)39)41-24-17(12-32)18(29)4-5-19(24)30/h4-7,13-15H,8-11H2,1-3H3. The van der Waals surface area contributed by atoms with Crippen molar-refractivity contribution in [2.24, 2.45) is 0 Å². The fourth-order valence-corrected chi connectivity index (χ4v) is 4.28. The van der Waals surface area contributed by atoms with E-state index in [-0.39, 0.29) is 11.2 Å². The second-order valence-electron chi connectivity index (χ2n) is 10.3. The number of hydrogen-bond donors (Lipinski definition) is 0. The van der Waals surface area contributed by atoms with Gasteiger partial charge in [0.25, 0.3) is 5.56 Å². The highest BCUT2D eigenvalue weighted by Gasteiger charge is 2.27. The van der Waals surface area contributed by atoms with Gasteiger partial charge in [-0.15, -0.1) is 0 Å². The maximum Gasteiger partial charge on any atom is 0.410 e. The van der Waals surface area contributed by atoms with E-state index in [1.807, 2.05) is 4.90 Å². The summed E-state index contributed by atoms with van der Waals surface area (Å²) in [4.78, 5) is 41.9. The topological polar surface area (TPSA) is 126 Å². The summed E-state index contributed by atoms with van der Waals surface area (Å²) in [6.45, 7) is 7.14. The van der Waals surface area contributed by atoms with Crippen LogP contribution in [0.3, 0.4) is 0 Å². The first-order chi connectivity index (χ1) is 20.0. The molecule has 4 aromatic rings. The minimum Gasteiger partial charge on any atom is -0.450 e. The van der Waals surface area contributed by atoms with Gasteiger partial charge in [0.05, 0.1) is 23.6 Å². The number of halogens is 3. The minimum absolute atomic E-state index is 0.0123. The number of nitriles is 1. The number of ether oxygens (including phenoxy) is 2. The molecule has 1 fully saturated rings. The van der Waals surface area contributed by atoms with Gasteiger partial charge in [-0.3, -0.25) is 9.36 Å². The molecule has 1 aliphatic rings. The van der Waals surface area contributed by atoms with E-state index in [0.717, 1.165) is 22.8 Å². The van der Waals surface area contributed by atoms with Crippen molar-refractivity contribution in [3.63, 3.8) is 0 Å². The molecule has 42 heavy (non-hydrogen) atoms. The molecule has 2 aromatic heterocycles. The van der Waals surface area contributed by atoms with Crippen LogP contribution < -0.4 is 15.2 Å². The van der Waals surface area contributed by atoms with Gasteiger partial charge in [0.2, 0.25) is 5.95 Å². The molecular weight excluding hydrogens is 555 g/mol. The summed E-state index contributed by atoms with van der Waals surface area (Å²) in [5.41, 5.74) is -1.99. The minimum atomic E-state index is -1.17. The normalized spacial score (nSPS) is 13.6. The molecule has 0 spiro atoms. The van der Waals surface area contributed by atoms with Crippen molar-refractivity contribution in [2.75, 3.05) is 31.1 Å². The van der Waals surface area contributed by atoms with Gasteiger partial charge in [-0.2, -0.15) is 5.26 Å². The van der Waals surface area contributed by atoms with E-state index in [4.69, 9.17) is 9.47 Å². The monoisotopic (exact) mass is 579 g/mol. The summed E-state index contributed by atoms with van der Waals surface area (Å²) >= 11 is 0. The van der Waals surface area contributed by atoms with E-state index in [0.29, 0.717) is 32.1 Å². The van der Waals surface area contributed by atoms with Crippen LogP contribution in [0.2, 0.25) is 0 Å². The lowest BCUT2D eigenvalue weighted by molar-refractivity contribution is 0.0240. The Morgan fingerprint density at radius 1 is 0.976 bits per heavy atom. The van der Waals surface area contributed by atoms with E-state index in [1.165, 1.54) is 30.9 Å². The Morgan fingerprint density at radius 2 is 1.64 bits per heavy atom. The summed E-state index contributed by atoms with van der Waals surface area (Å²) in [5.74, 6) is -4.34. The lowest BCUT2D eigenvalue weighted by atomic mass is 10.2. The maximum atomic E-state index is 15.5. The van der Waals surface area contributed by atoms with Crippen LogP contribution >= 0.6 is 0 Å². The molecule has 0 atom stereocenters. The molecule has 0 N–H and O–H groups in total. The molecule has 3 heterocycles. The van der Waals surface area contributed by atoms with Gasteiger partial charge in [-0.25, -0.2) is 32.9 Å². The first-order valence-corrected chi connectivity index (χ1v) is 12.8. The zero-order valence-corrected chi connectivity index (χ0v) is 22.8. The number of nitrogens with zero attached hydrogens (tertiary/aromatic N) is 7. The summed E-state index contributed by atoms with van der Waals surface area (Å²) in [6.07, 6.45) is 3.53. The van der Waals surface area contributed by atoms with Crippen molar-refractivity contribution in [1.29, 1.82) is 5.26 Å². The Balaban J connectivity index is 1.38. The molecule has 1 amide bonds. The molecule has 1 aliphatic heterocycles. The number of aromatic nitrogens is 4. The second-order valence-corrected chi connectivity index (χ2v) is 10.3. The number of carbonyl (C=O) groups excluding carboxylic acids is 1. The van der Waals surface area contributed by atoms with Crippen molar-refractivity contribution in [2.45, 2.75) is 26.4 Å². The van der Waals surface area contributed by atoms with Gasteiger partial charge >= 0.3 is 6.09 Å². The highest BCUT2D eigenvalue weighted by atomic mass is 19.1. The van der Waals surface area contributed by atoms with Gasteiger partial charge in [0, 0.05) is 26.2 Å². The van der Waals surface area contributed by atoms with Crippen molar-refractivity contribution in [3.05, 3.63) is 76.4 Å². The Morgan fingerprint density at radius 3 is 2.29 bits per heavy atom. The number of anilines is 1. The average molecular weight is 580 g/mol. The van der Waals surface area contributed by atoms with E-state index >= 15 is 4.39 Å². The van der Waals surface area contributed by atoms with Gasteiger partial charge in [-0.1, -0.05) is 0 Å². The first-order valence-electron chi connectivity index (χ1n) is 12.8. The second kappa shape index (κ2) is 11.0. The molecule has 0 saturated carbocycles. The average Bonchev–Trinajstić information content (AvgIpc) is 2.96. The number of rotatable bonds is 4. The highest BCUT2D eigenvalue weighted by molar-refractivity contribution is 5.80. The van der Waals surface area contributed by atoms with Gasteiger partial charge in [0.1, 0.15) is 34.8 Å². The number of benzene rings is 2. The Kier molecular flexibility index (Phi) is 7.42. The summed E-state index contributed by atoms with van der Waals surface area (Å²) in [7, 11) is 0. The van der Waals surface area contributed by atoms with Crippen LogP contribution in [0, 0.1) is 28.8 Å². The maximum absolute atomic E-state index is 15.5. The van der Waals surface area contributed by atoms with Gasteiger partial charge < -0.3 is 19.3 Å². The molecule has 14 heteroatoms. The number of piperazine rings is 1. The van der Waals surface area contributed by atoms with Gasteiger partial charge in [-0.05, 0) is 45.0 Å². The SMILES string of the molecule is CC(C)(C)OC(=O)N1CCN(c2ncc(-n3cnc4ccc(Oc5c(F)ccc(F)c5C#N)c(F)c4c3=O)cn2)CC1. The zero-order valence-electron chi connectivity index (χ0n) is 22.8. The Labute approximate surface area is 237 Å². The first kappa shape index (κ1) is 28.3. The van der Waals surface area contributed by atoms with Gasteiger partial charge in [0.15, 0.2) is 23.1 Å².